The molecule has 4 rings (SSSR count). The first kappa shape index (κ1) is 20.1. The minimum Gasteiger partial charge on any atom is -0.494 e. The Morgan fingerprint density at radius 1 is 0.967 bits per heavy atom. The molecule has 1 atom stereocenters. The molecule has 2 aromatic rings. The Hall–Kier alpha value is -3.19. The highest BCUT2D eigenvalue weighted by atomic mass is 16.5. The predicted molar refractivity (Wildman–Crippen MR) is 112 cm³/mol. The summed E-state index contributed by atoms with van der Waals surface area (Å²) in [5.41, 5.74) is 2.53. The first-order chi connectivity index (χ1) is 14.6. The number of imide groups is 1. The predicted octanol–water partition coefficient (Wildman–Crippen LogP) is 1.61. The van der Waals surface area contributed by atoms with Crippen molar-refractivity contribution in [3.05, 3.63) is 54.1 Å². The molecule has 0 radical (unpaired) electrons. The number of hydrogen-bond donors (Lipinski definition) is 1. The number of carbonyl (C=O) groups is 3. The summed E-state index contributed by atoms with van der Waals surface area (Å²) in [6, 6.07) is 14.4. The third-order valence-corrected chi connectivity index (χ3v) is 5.55. The zero-order valence-electron chi connectivity index (χ0n) is 17.0. The van der Waals surface area contributed by atoms with Crippen LogP contribution < -0.4 is 19.9 Å². The summed E-state index contributed by atoms with van der Waals surface area (Å²) in [7, 11) is 0. The van der Waals surface area contributed by atoms with E-state index in [1.165, 1.54) is 4.90 Å². The first-order valence-corrected chi connectivity index (χ1v) is 10.4. The SMILES string of the molecule is CCOc1ccc(N2C(=O)C[C@@H]([NH2+]Cc3ccc(N4CCCC4=O)cc3)C2=O)cc1. The standard InChI is InChI=1S/C23H25N3O4/c1-2-30-19-11-9-18(10-12-19)26-22(28)14-20(23(26)29)24-15-16-5-7-17(8-6-16)25-13-3-4-21(25)27/h5-12,20,24H,2-4,13-15H2,1H3/p+1/t20-/m1/s1. The number of nitrogens with zero attached hydrogens (tertiary/aromatic N) is 2. The molecule has 3 amide bonds. The van der Waals surface area contributed by atoms with Crippen LogP contribution in [0.4, 0.5) is 11.4 Å². The van der Waals surface area contributed by atoms with Gasteiger partial charge in [-0.05, 0) is 49.7 Å². The minimum atomic E-state index is -0.427. The second-order valence-corrected chi connectivity index (χ2v) is 7.56. The molecule has 7 heteroatoms. The largest absolute Gasteiger partial charge is 0.494 e. The molecule has 0 unspecified atom stereocenters. The summed E-state index contributed by atoms with van der Waals surface area (Å²) in [6.07, 6.45) is 1.70. The second kappa shape index (κ2) is 8.67. The Morgan fingerprint density at radius 3 is 2.30 bits per heavy atom. The Bertz CT molecular complexity index is 940. The number of nitrogens with two attached hydrogens (primary N) is 1. The maximum Gasteiger partial charge on any atom is 0.292 e. The molecule has 2 aromatic carbocycles. The van der Waals surface area contributed by atoms with E-state index < -0.39 is 6.04 Å². The van der Waals surface area contributed by atoms with Gasteiger partial charge >= 0.3 is 0 Å². The maximum atomic E-state index is 12.8. The van der Waals surface area contributed by atoms with Crippen LogP contribution in [0.15, 0.2) is 48.5 Å². The summed E-state index contributed by atoms with van der Waals surface area (Å²) in [4.78, 5) is 40.2. The van der Waals surface area contributed by atoms with E-state index in [9.17, 15) is 14.4 Å². The number of benzene rings is 2. The molecule has 2 aliphatic rings. The Kier molecular flexibility index (Phi) is 5.81. The van der Waals surface area contributed by atoms with Crippen LogP contribution in [0.1, 0.15) is 31.7 Å². The monoisotopic (exact) mass is 408 g/mol. The molecule has 2 saturated heterocycles. The van der Waals surface area contributed by atoms with Crippen LogP contribution in [-0.2, 0) is 20.9 Å². The van der Waals surface area contributed by atoms with Gasteiger partial charge in [0.25, 0.3) is 5.91 Å². The van der Waals surface area contributed by atoms with Crippen molar-refractivity contribution in [1.82, 2.24) is 0 Å². The fourth-order valence-corrected chi connectivity index (χ4v) is 3.98. The lowest BCUT2D eigenvalue weighted by Crippen LogP contribution is -2.90. The van der Waals surface area contributed by atoms with Gasteiger partial charge in [-0.25, -0.2) is 4.90 Å². The fourth-order valence-electron chi connectivity index (χ4n) is 3.98. The molecule has 2 heterocycles. The van der Waals surface area contributed by atoms with Crippen molar-refractivity contribution in [3.63, 3.8) is 0 Å². The minimum absolute atomic E-state index is 0.166. The number of ether oxygens (including phenoxy) is 1. The molecule has 2 fully saturated rings. The van der Waals surface area contributed by atoms with Gasteiger partial charge in [-0.1, -0.05) is 12.1 Å². The quantitative estimate of drug-likeness (QED) is 0.706. The van der Waals surface area contributed by atoms with E-state index in [0.717, 1.165) is 24.2 Å². The van der Waals surface area contributed by atoms with Crippen molar-refractivity contribution in [2.24, 2.45) is 0 Å². The summed E-state index contributed by atoms with van der Waals surface area (Å²) in [6.45, 7) is 3.83. The average Bonchev–Trinajstić information content (AvgIpc) is 3.30. The molecule has 0 aliphatic carbocycles. The van der Waals surface area contributed by atoms with E-state index in [1.807, 2.05) is 36.5 Å². The second-order valence-electron chi connectivity index (χ2n) is 7.56. The van der Waals surface area contributed by atoms with Crippen molar-refractivity contribution in [3.8, 4) is 5.75 Å². The Balaban J connectivity index is 1.37. The van der Waals surface area contributed by atoms with Crippen LogP contribution in [0.2, 0.25) is 0 Å². The van der Waals surface area contributed by atoms with Gasteiger partial charge in [-0.15, -0.1) is 0 Å². The molecule has 0 aromatic heterocycles. The summed E-state index contributed by atoms with van der Waals surface area (Å²) in [5.74, 6) is 0.498. The lowest BCUT2D eigenvalue weighted by atomic mass is 10.1. The van der Waals surface area contributed by atoms with Crippen LogP contribution in [0.25, 0.3) is 0 Å². The molecule has 0 spiro atoms. The normalized spacial score (nSPS) is 19.1. The zero-order valence-corrected chi connectivity index (χ0v) is 17.0. The summed E-state index contributed by atoms with van der Waals surface area (Å²) in [5, 5.41) is 1.91. The van der Waals surface area contributed by atoms with Gasteiger partial charge < -0.3 is 15.0 Å². The van der Waals surface area contributed by atoms with Crippen molar-refractivity contribution >= 4 is 29.1 Å². The number of anilines is 2. The van der Waals surface area contributed by atoms with Gasteiger partial charge in [0.05, 0.1) is 18.7 Å². The number of hydrogen-bond acceptors (Lipinski definition) is 4. The van der Waals surface area contributed by atoms with Crippen LogP contribution in [0.5, 0.6) is 5.75 Å². The van der Waals surface area contributed by atoms with E-state index in [1.54, 1.807) is 29.2 Å². The van der Waals surface area contributed by atoms with E-state index in [0.29, 0.717) is 31.0 Å². The van der Waals surface area contributed by atoms with Crippen molar-refractivity contribution in [1.29, 1.82) is 0 Å². The first-order valence-electron chi connectivity index (χ1n) is 10.4. The van der Waals surface area contributed by atoms with Gasteiger partial charge in [0, 0.05) is 24.2 Å². The third kappa shape index (κ3) is 4.07. The summed E-state index contributed by atoms with van der Waals surface area (Å²) >= 11 is 0. The topological polar surface area (TPSA) is 83.5 Å². The zero-order chi connectivity index (χ0) is 21.1. The lowest BCUT2D eigenvalue weighted by Gasteiger charge is -2.16. The molecule has 2 N–H and O–H groups in total. The smallest absolute Gasteiger partial charge is 0.292 e. The van der Waals surface area contributed by atoms with Gasteiger partial charge in [-0.2, -0.15) is 0 Å². The average molecular weight is 408 g/mol. The molecular formula is C23H26N3O4+. The Morgan fingerprint density at radius 2 is 1.67 bits per heavy atom. The van der Waals surface area contributed by atoms with Gasteiger partial charge in [-0.3, -0.25) is 14.4 Å². The van der Waals surface area contributed by atoms with E-state index in [-0.39, 0.29) is 24.1 Å². The van der Waals surface area contributed by atoms with Crippen LogP contribution >= 0.6 is 0 Å². The summed E-state index contributed by atoms with van der Waals surface area (Å²) < 4.78 is 5.42. The maximum absolute atomic E-state index is 12.8. The van der Waals surface area contributed by atoms with Crippen molar-refractivity contribution in [2.75, 3.05) is 23.0 Å². The van der Waals surface area contributed by atoms with Crippen LogP contribution in [-0.4, -0.2) is 36.9 Å². The van der Waals surface area contributed by atoms with E-state index >= 15 is 0 Å². The number of quaternary nitrogens is 1. The highest BCUT2D eigenvalue weighted by Crippen LogP contribution is 2.25. The number of carbonyl (C=O) groups excluding carboxylic acids is 3. The molecule has 156 valence electrons. The molecule has 7 nitrogen and oxygen atoms in total. The number of amides is 3. The molecule has 30 heavy (non-hydrogen) atoms. The lowest BCUT2D eigenvalue weighted by molar-refractivity contribution is -0.690. The van der Waals surface area contributed by atoms with Gasteiger partial charge in [0.2, 0.25) is 11.8 Å². The fraction of sp³-hybridized carbons (Fsp3) is 0.348. The molecule has 2 aliphatic heterocycles. The third-order valence-electron chi connectivity index (χ3n) is 5.55. The highest BCUT2D eigenvalue weighted by molar-refractivity contribution is 6.21. The van der Waals surface area contributed by atoms with E-state index in [4.69, 9.17) is 4.74 Å². The molecule has 0 bridgehead atoms. The van der Waals surface area contributed by atoms with Crippen LogP contribution in [0, 0.1) is 0 Å². The molecule has 0 saturated carbocycles. The van der Waals surface area contributed by atoms with Crippen molar-refractivity contribution in [2.45, 2.75) is 38.8 Å². The Labute approximate surface area is 175 Å². The van der Waals surface area contributed by atoms with Crippen molar-refractivity contribution < 1.29 is 24.4 Å². The van der Waals surface area contributed by atoms with Gasteiger partial charge in [0.15, 0.2) is 6.04 Å². The highest BCUT2D eigenvalue weighted by Gasteiger charge is 2.42. The number of rotatable bonds is 7. The van der Waals surface area contributed by atoms with Crippen LogP contribution in [0.3, 0.4) is 0 Å². The van der Waals surface area contributed by atoms with Gasteiger partial charge in [0.1, 0.15) is 12.3 Å². The van der Waals surface area contributed by atoms with E-state index in [2.05, 4.69) is 0 Å². The molecular weight excluding hydrogens is 382 g/mol.